The molecule has 1 saturated heterocycles. The van der Waals surface area contributed by atoms with Gasteiger partial charge in [0.2, 0.25) is 0 Å². The molecule has 0 amide bonds. The summed E-state index contributed by atoms with van der Waals surface area (Å²) in [5.74, 6) is 0.124. The van der Waals surface area contributed by atoms with Crippen molar-refractivity contribution in [3.05, 3.63) is 0 Å². The minimum absolute atomic E-state index is 0. The van der Waals surface area contributed by atoms with Crippen LogP contribution in [0.25, 0.3) is 0 Å². The molecule has 0 aliphatic carbocycles. The molecule has 2 unspecified atom stereocenters. The maximum absolute atomic E-state index is 11.2. The zero-order chi connectivity index (χ0) is 9.68. The van der Waals surface area contributed by atoms with Gasteiger partial charge in [0, 0.05) is 19.8 Å². The molecule has 84 valence electrons. The number of hydrogen-bond donors (Lipinski definition) is 1. The smallest absolute Gasteiger partial charge is 0.309 e. The average molecular weight is 224 g/mol. The molecule has 0 aromatic carbocycles. The molecule has 0 spiro atoms. The Hall–Kier alpha value is -0.320. The Morgan fingerprint density at radius 2 is 2.43 bits per heavy atom. The van der Waals surface area contributed by atoms with Crippen LogP contribution in [0.3, 0.4) is 0 Å². The van der Waals surface area contributed by atoms with Gasteiger partial charge in [0.05, 0.1) is 13.0 Å². The van der Waals surface area contributed by atoms with E-state index < -0.39 is 0 Å². The molecule has 0 bridgehead atoms. The zero-order valence-electron chi connectivity index (χ0n) is 8.40. The van der Waals surface area contributed by atoms with E-state index in [1.165, 1.54) is 7.11 Å². The second-order valence-electron chi connectivity index (χ2n) is 3.42. The van der Waals surface area contributed by atoms with Crippen LogP contribution in [0.4, 0.5) is 0 Å². The van der Waals surface area contributed by atoms with E-state index in [1.54, 1.807) is 0 Å². The highest BCUT2D eigenvalue weighted by Gasteiger charge is 2.24. The highest BCUT2D eigenvalue weighted by molar-refractivity contribution is 5.85. The maximum atomic E-state index is 11.2. The van der Waals surface area contributed by atoms with Crippen molar-refractivity contribution in [1.82, 2.24) is 0 Å². The Morgan fingerprint density at radius 3 is 2.86 bits per heavy atom. The molecule has 0 aromatic heterocycles. The summed E-state index contributed by atoms with van der Waals surface area (Å²) in [6.07, 6.45) is 1.83. The quantitative estimate of drug-likeness (QED) is 0.709. The monoisotopic (exact) mass is 223 g/mol. The number of halogens is 1. The summed E-state index contributed by atoms with van der Waals surface area (Å²) in [7, 11) is 1.40. The van der Waals surface area contributed by atoms with Crippen molar-refractivity contribution in [3.63, 3.8) is 0 Å². The van der Waals surface area contributed by atoms with E-state index in [-0.39, 0.29) is 24.3 Å². The largest absolute Gasteiger partial charge is 0.469 e. The standard InChI is InChI=1S/C9H17NO3.ClH/c1-12-9(11)8(5-10)4-7-2-3-13-6-7;/h7-8H,2-6,10H2,1H3;1H. The van der Waals surface area contributed by atoms with E-state index in [9.17, 15) is 4.79 Å². The molecular formula is C9H18ClNO3. The van der Waals surface area contributed by atoms with Crippen LogP contribution >= 0.6 is 12.4 Å². The molecule has 14 heavy (non-hydrogen) atoms. The molecule has 5 heteroatoms. The Kier molecular flexibility index (Phi) is 6.87. The van der Waals surface area contributed by atoms with Crippen molar-refractivity contribution in [2.45, 2.75) is 12.8 Å². The topological polar surface area (TPSA) is 61.5 Å². The van der Waals surface area contributed by atoms with Crippen LogP contribution in [0, 0.1) is 11.8 Å². The molecular weight excluding hydrogens is 206 g/mol. The predicted molar refractivity (Wildman–Crippen MR) is 55.4 cm³/mol. The zero-order valence-corrected chi connectivity index (χ0v) is 9.22. The highest BCUT2D eigenvalue weighted by atomic mass is 35.5. The predicted octanol–water partition coefficient (Wildman–Crippen LogP) is 0.583. The van der Waals surface area contributed by atoms with E-state index in [2.05, 4.69) is 4.74 Å². The van der Waals surface area contributed by atoms with E-state index >= 15 is 0 Å². The molecule has 1 rings (SSSR count). The summed E-state index contributed by atoms with van der Waals surface area (Å²) in [5.41, 5.74) is 5.49. The second-order valence-corrected chi connectivity index (χ2v) is 3.42. The van der Waals surface area contributed by atoms with Gasteiger partial charge >= 0.3 is 5.97 Å². The van der Waals surface area contributed by atoms with E-state index in [1.807, 2.05) is 0 Å². The lowest BCUT2D eigenvalue weighted by Gasteiger charge is -2.15. The Balaban J connectivity index is 0.00000169. The number of hydrogen-bond acceptors (Lipinski definition) is 4. The number of ether oxygens (including phenoxy) is 2. The number of esters is 1. The molecule has 2 N–H and O–H groups in total. The normalized spacial score (nSPS) is 22.6. The number of carbonyl (C=O) groups is 1. The fourth-order valence-electron chi connectivity index (χ4n) is 1.63. The van der Waals surface area contributed by atoms with Crippen LogP contribution < -0.4 is 5.73 Å². The number of rotatable bonds is 4. The minimum atomic E-state index is -0.200. The molecule has 0 aromatic rings. The highest BCUT2D eigenvalue weighted by Crippen LogP contribution is 2.21. The Morgan fingerprint density at radius 1 is 1.71 bits per heavy atom. The second kappa shape index (κ2) is 7.04. The third-order valence-corrected chi connectivity index (χ3v) is 2.46. The van der Waals surface area contributed by atoms with Crippen molar-refractivity contribution in [1.29, 1.82) is 0 Å². The summed E-state index contributed by atoms with van der Waals surface area (Å²) in [6, 6.07) is 0. The van der Waals surface area contributed by atoms with Crippen LogP contribution in [0.2, 0.25) is 0 Å². The fraction of sp³-hybridized carbons (Fsp3) is 0.889. The van der Waals surface area contributed by atoms with Crippen LogP contribution in [0.1, 0.15) is 12.8 Å². The third-order valence-electron chi connectivity index (χ3n) is 2.46. The summed E-state index contributed by atoms with van der Waals surface area (Å²) in [6.45, 7) is 1.93. The van der Waals surface area contributed by atoms with Gasteiger partial charge in [-0.2, -0.15) is 0 Å². The van der Waals surface area contributed by atoms with Gasteiger partial charge in [0.1, 0.15) is 0 Å². The molecule has 4 nitrogen and oxygen atoms in total. The molecule has 2 atom stereocenters. The van der Waals surface area contributed by atoms with Crippen LogP contribution in [-0.4, -0.2) is 32.8 Å². The lowest BCUT2D eigenvalue weighted by molar-refractivity contribution is -0.145. The van der Waals surface area contributed by atoms with E-state index in [0.717, 1.165) is 26.1 Å². The number of carbonyl (C=O) groups excluding carboxylic acids is 1. The van der Waals surface area contributed by atoms with Crippen LogP contribution in [0.5, 0.6) is 0 Å². The molecule has 1 aliphatic rings. The number of nitrogens with two attached hydrogens (primary N) is 1. The SMILES string of the molecule is COC(=O)C(CN)CC1CCOC1.Cl. The minimum Gasteiger partial charge on any atom is -0.469 e. The van der Waals surface area contributed by atoms with Gasteiger partial charge in [-0.1, -0.05) is 0 Å². The van der Waals surface area contributed by atoms with Crippen molar-refractivity contribution in [2.24, 2.45) is 17.6 Å². The van der Waals surface area contributed by atoms with Gasteiger partial charge in [-0.25, -0.2) is 0 Å². The number of methoxy groups -OCH3 is 1. The van der Waals surface area contributed by atoms with Gasteiger partial charge in [0.15, 0.2) is 0 Å². The maximum Gasteiger partial charge on any atom is 0.309 e. The van der Waals surface area contributed by atoms with Gasteiger partial charge in [0.25, 0.3) is 0 Å². The molecule has 1 fully saturated rings. The molecule has 1 heterocycles. The van der Waals surface area contributed by atoms with Crippen LogP contribution in [0.15, 0.2) is 0 Å². The molecule has 1 aliphatic heterocycles. The van der Waals surface area contributed by atoms with Crippen LogP contribution in [-0.2, 0) is 14.3 Å². The Labute approximate surface area is 90.5 Å². The summed E-state index contributed by atoms with van der Waals surface area (Å²) in [5, 5.41) is 0. The van der Waals surface area contributed by atoms with Crippen molar-refractivity contribution in [3.8, 4) is 0 Å². The molecule has 0 saturated carbocycles. The van der Waals surface area contributed by atoms with Crippen molar-refractivity contribution < 1.29 is 14.3 Å². The lowest BCUT2D eigenvalue weighted by Crippen LogP contribution is -2.27. The first-order valence-corrected chi connectivity index (χ1v) is 4.63. The third kappa shape index (κ3) is 3.82. The van der Waals surface area contributed by atoms with Crippen molar-refractivity contribution in [2.75, 3.05) is 26.9 Å². The summed E-state index contributed by atoms with van der Waals surface area (Å²) in [4.78, 5) is 11.2. The van der Waals surface area contributed by atoms with Gasteiger partial charge < -0.3 is 15.2 Å². The molecule has 0 radical (unpaired) electrons. The lowest BCUT2D eigenvalue weighted by atomic mass is 9.94. The fourth-order valence-corrected chi connectivity index (χ4v) is 1.63. The Bertz CT molecular complexity index is 171. The summed E-state index contributed by atoms with van der Waals surface area (Å²) < 4.78 is 9.88. The van der Waals surface area contributed by atoms with E-state index in [0.29, 0.717) is 12.5 Å². The van der Waals surface area contributed by atoms with E-state index in [4.69, 9.17) is 10.5 Å². The summed E-state index contributed by atoms with van der Waals surface area (Å²) >= 11 is 0. The van der Waals surface area contributed by atoms with Gasteiger partial charge in [-0.05, 0) is 18.8 Å². The van der Waals surface area contributed by atoms with Crippen molar-refractivity contribution >= 4 is 18.4 Å². The average Bonchev–Trinajstić information content (AvgIpc) is 2.65. The first kappa shape index (κ1) is 13.7. The van der Waals surface area contributed by atoms with Gasteiger partial charge in [-0.15, -0.1) is 12.4 Å². The first-order chi connectivity index (χ1) is 6.27. The van der Waals surface area contributed by atoms with Gasteiger partial charge in [-0.3, -0.25) is 4.79 Å². The first-order valence-electron chi connectivity index (χ1n) is 4.63.